The maximum atomic E-state index is 11.7. The van der Waals surface area contributed by atoms with Crippen molar-refractivity contribution in [3.8, 4) is 0 Å². The molecule has 0 bridgehead atoms. The highest BCUT2D eigenvalue weighted by Crippen LogP contribution is 2.33. The second-order valence-corrected chi connectivity index (χ2v) is 8.17. The lowest BCUT2D eigenvalue weighted by atomic mass is 10.1. The molecule has 23 heavy (non-hydrogen) atoms. The number of nitrogens with zero attached hydrogens (tertiary/aromatic N) is 2. The fourth-order valence-electron chi connectivity index (χ4n) is 2.12. The lowest BCUT2D eigenvalue weighted by Crippen LogP contribution is -2.26. The first-order chi connectivity index (χ1) is 11.0. The summed E-state index contributed by atoms with van der Waals surface area (Å²) >= 11 is 9.10. The first-order valence-corrected chi connectivity index (χ1v) is 9.48. The molecule has 1 saturated carbocycles. The lowest BCUT2D eigenvalue weighted by Gasteiger charge is -2.09. The molecule has 3 rings (SSSR count). The number of amides is 1. The molecule has 1 fully saturated rings. The monoisotopic (exact) mass is 368 g/mol. The van der Waals surface area contributed by atoms with Crippen LogP contribution < -0.4 is 10.6 Å². The van der Waals surface area contributed by atoms with Crippen molar-refractivity contribution in [2.24, 2.45) is 0 Å². The van der Waals surface area contributed by atoms with Gasteiger partial charge in [-0.1, -0.05) is 40.8 Å². The molecule has 1 aromatic heterocycles. The second kappa shape index (κ2) is 7.07. The zero-order valence-electron chi connectivity index (χ0n) is 12.9. The van der Waals surface area contributed by atoms with Crippen LogP contribution in [0.15, 0.2) is 16.5 Å². The summed E-state index contributed by atoms with van der Waals surface area (Å²) in [6.45, 7) is 4.01. The molecule has 0 aliphatic heterocycles. The van der Waals surface area contributed by atoms with E-state index in [4.69, 9.17) is 11.6 Å². The van der Waals surface area contributed by atoms with Gasteiger partial charge in [0.25, 0.3) is 0 Å². The smallest absolute Gasteiger partial charge is 0.230 e. The predicted molar refractivity (Wildman–Crippen MR) is 96.0 cm³/mol. The van der Waals surface area contributed by atoms with Gasteiger partial charge < -0.3 is 10.6 Å². The van der Waals surface area contributed by atoms with E-state index in [9.17, 15) is 4.79 Å². The Morgan fingerprint density at radius 2 is 2.17 bits per heavy atom. The van der Waals surface area contributed by atoms with Crippen molar-refractivity contribution in [2.45, 2.75) is 37.1 Å². The number of nitrogens with one attached hydrogen (secondary N) is 2. The average Bonchev–Trinajstić information content (AvgIpc) is 3.17. The number of rotatable bonds is 6. The Bertz CT molecular complexity index is 707. The standard InChI is InChI=1S/C15H17ClN4OS2/c1-8-5-9(2)13(11(16)6-8)18-14-19-20-15(23-14)22-7-12(21)17-10-3-4-10/h5-6,10H,3-4,7H2,1-2H3,(H,17,21)(H,18,19). The first kappa shape index (κ1) is 16.5. The van der Waals surface area contributed by atoms with Crippen molar-refractivity contribution >= 4 is 51.4 Å². The van der Waals surface area contributed by atoms with Crippen molar-refractivity contribution in [2.75, 3.05) is 11.1 Å². The largest absolute Gasteiger partial charge is 0.353 e. The number of halogens is 1. The minimum atomic E-state index is 0.0552. The second-order valence-electron chi connectivity index (χ2n) is 5.57. The summed E-state index contributed by atoms with van der Waals surface area (Å²) in [7, 11) is 0. The van der Waals surface area contributed by atoms with Gasteiger partial charge in [0.1, 0.15) is 0 Å². The quantitative estimate of drug-likeness (QED) is 0.756. The molecular formula is C15H17ClN4OS2. The molecule has 1 amide bonds. The Hall–Kier alpha value is -1.31. The SMILES string of the molecule is Cc1cc(C)c(Nc2nnc(SCC(=O)NC3CC3)s2)c(Cl)c1. The van der Waals surface area contributed by atoms with Crippen LogP contribution in [-0.2, 0) is 4.79 Å². The zero-order valence-corrected chi connectivity index (χ0v) is 15.2. The Kier molecular flexibility index (Phi) is 5.08. The number of hydrogen-bond donors (Lipinski definition) is 2. The molecule has 0 unspecified atom stereocenters. The molecule has 0 spiro atoms. The third kappa shape index (κ3) is 4.59. The summed E-state index contributed by atoms with van der Waals surface area (Å²) in [5.41, 5.74) is 3.02. The number of thioether (sulfide) groups is 1. The molecule has 0 saturated heterocycles. The van der Waals surface area contributed by atoms with E-state index in [1.807, 2.05) is 19.9 Å². The summed E-state index contributed by atoms with van der Waals surface area (Å²) in [5, 5.41) is 15.7. The van der Waals surface area contributed by atoms with Crippen molar-refractivity contribution < 1.29 is 4.79 Å². The number of benzene rings is 1. The zero-order chi connectivity index (χ0) is 16.4. The fourth-order valence-corrected chi connectivity index (χ4v) is 4.06. The van der Waals surface area contributed by atoms with E-state index in [-0.39, 0.29) is 5.91 Å². The fraction of sp³-hybridized carbons (Fsp3) is 0.400. The molecule has 0 radical (unpaired) electrons. The van der Waals surface area contributed by atoms with Gasteiger partial charge in [-0.15, -0.1) is 10.2 Å². The third-order valence-electron chi connectivity index (χ3n) is 3.34. The topological polar surface area (TPSA) is 66.9 Å². The van der Waals surface area contributed by atoms with Gasteiger partial charge in [-0.2, -0.15) is 0 Å². The predicted octanol–water partition coefficient (Wildman–Crippen LogP) is 3.92. The van der Waals surface area contributed by atoms with Gasteiger partial charge in [0.05, 0.1) is 16.5 Å². The average molecular weight is 369 g/mol. The van der Waals surface area contributed by atoms with Crippen LogP contribution in [-0.4, -0.2) is 27.9 Å². The minimum Gasteiger partial charge on any atom is -0.353 e. The van der Waals surface area contributed by atoms with Crippen LogP contribution in [0.1, 0.15) is 24.0 Å². The number of anilines is 2. The molecular weight excluding hydrogens is 352 g/mol. The van der Waals surface area contributed by atoms with E-state index in [0.717, 1.165) is 34.0 Å². The number of carbonyl (C=O) groups is 1. The van der Waals surface area contributed by atoms with Gasteiger partial charge >= 0.3 is 0 Å². The van der Waals surface area contributed by atoms with Crippen LogP contribution in [0.25, 0.3) is 0 Å². The molecule has 8 heteroatoms. The summed E-state index contributed by atoms with van der Waals surface area (Å²) in [6.07, 6.45) is 2.19. The van der Waals surface area contributed by atoms with Crippen molar-refractivity contribution in [3.05, 3.63) is 28.3 Å². The highest BCUT2D eigenvalue weighted by molar-refractivity contribution is 8.01. The number of aryl methyl sites for hydroxylation is 2. The number of carbonyl (C=O) groups excluding carboxylic acids is 1. The van der Waals surface area contributed by atoms with E-state index in [2.05, 4.69) is 26.9 Å². The van der Waals surface area contributed by atoms with Crippen LogP contribution in [0, 0.1) is 13.8 Å². The molecule has 1 aliphatic rings. The highest BCUT2D eigenvalue weighted by Gasteiger charge is 2.23. The van der Waals surface area contributed by atoms with E-state index in [1.165, 1.54) is 23.1 Å². The molecule has 1 heterocycles. The van der Waals surface area contributed by atoms with Gasteiger partial charge in [-0.3, -0.25) is 4.79 Å². The van der Waals surface area contributed by atoms with Crippen LogP contribution in [0.5, 0.6) is 0 Å². The highest BCUT2D eigenvalue weighted by atomic mass is 35.5. The third-order valence-corrected chi connectivity index (χ3v) is 5.61. The van der Waals surface area contributed by atoms with Crippen molar-refractivity contribution in [3.63, 3.8) is 0 Å². The first-order valence-electron chi connectivity index (χ1n) is 7.30. The summed E-state index contributed by atoms with van der Waals surface area (Å²) in [5.74, 6) is 0.426. The Balaban J connectivity index is 1.59. The van der Waals surface area contributed by atoms with Crippen LogP contribution in [0.3, 0.4) is 0 Å². The molecule has 2 N–H and O–H groups in total. The molecule has 2 aromatic rings. The van der Waals surface area contributed by atoms with Gasteiger partial charge in [0, 0.05) is 6.04 Å². The molecule has 0 atom stereocenters. The maximum absolute atomic E-state index is 11.7. The van der Waals surface area contributed by atoms with E-state index < -0.39 is 0 Å². The van der Waals surface area contributed by atoms with Crippen molar-refractivity contribution in [1.29, 1.82) is 0 Å². The normalized spacial score (nSPS) is 13.9. The Morgan fingerprint density at radius 3 is 2.87 bits per heavy atom. The van der Waals surface area contributed by atoms with E-state index in [1.54, 1.807) is 0 Å². The van der Waals surface area contributed by atoms with Gasteiger partial charge in [0.2, 0.25) is 11.0 Å². The minimum absolute atomic E-state index is 0.0552. The van der Waals surface area contributed by atoms with Gasteiger partial charge in [-0.25, -0.2) is 0 Å². The Labute approximate surface area is 148 Å². The number of hydrogen-bond acceptors (Lipinski definition) is 6. The van der Waals surface area contributed by atoms with Gasteiger partial charge in [-0.05, 0) is 43.9 Å². The molecule has 1 aromatic carbocycles. The number of aromatic nitrogens is 2. The van der Waals surface area contributed by atoms with Gasteiger partial charge in [0.15, 0.2) is 4.34 Å². The van der Waals surface area contributed by atoms with Crippen molar-refractivity contribution in [1.82, 2.24) is 15.5 Å². The summed E-state index contributed by atoms with van der Waals surface area (Å²) in [6, 6.07) is 4.37. The van der Waals surface area contributed by atoms with Crippen LogP contribution >= 0.6 is 34.7 Å². The summed E-state index contributed by atoms with van der Waals surface area (Å²) < 4.78 is 0.763. The molecule has 1 aliphatic carbocycles. The van der Waals surface area contributed by atoms with E-state index in [0.29, 0.717) is 21.9 Å². The van der Waals surface area contributed by atoms with E-state index >= 15 is 0 Å². The lowest BCUT2D eigenvalue weighted by molar-refractivity contribution is -0.118. The molecule has 122 valence electrons. The summed E-state index contributed by atoms with van der Waals surface area (Å²) in [4.78, 5) is 11.7. The van der Waals surface area contributed by atoms with Crippen LogP contribution in [0.4, 0.5) is 10.8 Å². The maximum Gasteiger partial charge on any atom is 0.230 e. The van der Waals surface area contributed by atoms with Crippen LogP contribution in [0.2, 0.25) is 5.02 Å². The molecule has 5 nitrogen and oxygen atoms in total. The Morgan fingerprint density at radius 1 is 1.39 bits per heavy atom.